The average Bonchev–Trinajstić information content (AvgIpc) is 2.56. The van der Waals surface area contributed by atoms with Gasteiger partial charge in [0.1, 0.15) is 0 Å². The summed E-state index contributed by atoms with van der Waals surface area (Å²) in [6.07, 6.45) is 0.201. The van der Waals surface area contributed by atoms with Crippen LogP contribution in [0.1, 0.15) is 16.1 Å². The number of Topliss-reactive ketones (excluding diaryl/α,β-unsaturated/α-hetero) is 1. The van der Waals surface area contributed by atoms with Gasteiger partial charge in [-0.25, -0.2) is 0 Å². The Labute approximate surface area is 80.2 Å². The number of ketones is 1. The maximum Gasteiger partial charge on any atom is 0.181 e. The van der Waals surface area contributed by atoms with E-state index in [1.54, 1.807) is 6.07 Å². The zero-order valence-electron chi connectivity index (χ0n) is 6.57. The van der Waals surface area contributed by atoms with Crippen LogP contribution < -0.4 is 0 Å². The SMILES string of the molecule is COC(=S)CC(=O)c1cccs1. The molecule has 0 atom stereocenters. The van der Waals surface area contributed by atoms with Gasteiger partial charge < -0.3 is 4.74 Å². The Kier molecular flexibility index (Phi) is 3.37. The van der Waals surface area contributed by atoms with Crippen molar-refractivity contribution >= 4 is 34.4 Å². The first-order valence-electron chi connectivity index (χ1n) is 3.37. The molecular weight excluding hydrogens is 192 g/mol. The van der Waals surface area contributed by atoms with Crippen molar-refractivity contribution in [3.05, 3.63) is 22.4 Å². The highest BCUT2D eigenvalue weighted by Crippen LogP contribution is 2.11. The fourth-order valence-electron chi connectivity index (χ4n) is 0.728. The molecule has 0 fully saturated rings. The molecule has 0 aliphatic rings. The second-order valence-corrected chi connectivity index (χ2v) is 3.56. The summed E-state index contributed by atoms with van der Waals surface area (Å²) < 4.78 is 4.73. The summed E-state index contributed by atoms with van der Waals surface area (Å²) in [6.45, 7) is 0. The standard InChI is InChI=1S/C8H8O2S2/c1-10-8(11)5-6(9)7-3-2-4-12-7/h2-4H,5H2,1H3. The number of methoxy groups -OCH3 is 1. The molecule has 12 heavy (non-hydrogen) atoms. The Morgan fingerprint density at radius 3 is 3.00 bits per heavy atom. The molecule has 4 heteroatoms. The van der Waals surface area contributed by atoms with Crippen LogP contribution in [-0.2, 0) is 4.74 Å². The lowest BCUT2D eigenvalue weighted by atomic mass is 10.2. The van der Waals surface area contributed by atoms with E-state index in [4.69, 9.17) is 17.0 Å². The van der Waals surface area contributed by atoms with Crippen molar-refractivity contribution in [3.8, 4) is 0 Å². The Morgan fingerprint density at radius 2 is 2.50 bits per heavy atom. The molecule has 1 aromatic rings. The van der Waals surface area contributed by atoms with E-state index >= 15 is 0 Å². The minimum absolute atomic E-state index is 0.0249. The predicted molar refractivity (Wildman–Crippen MR) is 52.9 cm³/mol. The van der Waals surface area contributed by atoms with E-state index in [0.29, 0.717) is 5.05 Å². The summed E-state index contributed by atoms with van der Waals surface area (Å²) in [7, 11) is 1.48. The van der Waals surface area contributed by atoms with E-state index in [0.717, 1.165) is 4.88 Å². The van der Waals surface area contributed by atoms with Gasteiger partial charge in [0.25, 0.3) is 0 Å². The third-order valence-electron chi connectivity index (χ3n) is 1.33. The molecule has 0 radical (unpaired) electrons. The second kappa shape index (κ2) is 4.33. The number of thiocarbonyl (C=S) groups is 1. The van der Waals surface area contributed by atoms with Gasteiger partial charge in [-0.3, -0.25) is 4.79 Å². The Bertz CT molecular complexity index is 277. The van der Waals surface area contributed by atoms with Crippen molar-refractivity contribution < 1.29 is 9.53 Å². The van der Waals surface area contributed by atoms with Crippen LogP contribution in [0.2, 0.25) is 0 Å². The first kappa shape index (κ1) is 9.35. The van der Waals surface area contributed by atoms with E-state index in [9.17, 15) is 4.79 Å². The molecule has 1 aromatic heterocycles. The molecule has 0 aliphatic carbocycles. The minimum Gasteiger partial charge on any atom is -0.490 e. The average molecular weight is 200 g/mol. The molecule has 0 N–H and O–H groups in total. The molecule has 0 saturated carbocycles. The van der Waals surface area contributed by atoms with Crippen LogP contribution >= 0.6 is 23.6 Å². The normalized spacial score (nSPS) is 9.42. The molecule has 1 heterocycles. The van der Waals surface area contributed by atoms with Crippen LogP contribution in [0.25, 0.3) is 0 Å². The summed E-state index contributed by atoms with van der Waals surface area (Å²) in [5, 5.41) is 2.21. The highest BCUT2D eigenvalue weighted by atomic mass is 32.1. The van der Waals surface area contributed by atoms with Gasteiger partial charge >= 0.3 is 0 Å². The van der Waals surface area contributed by atoms with Crippen LogP contribution in [-0.4, -0.2) is 17.9 Å². The number of hydrogen-bond donors (Lipinski definition) is 0. The molecule has 0 amide bonds. The van der Waals surface area contributed by atoms with Crippen molar-refractivity contribution in [1.29, 1.82) is 0 Å². The van der Waals surface area contributed by atoms with Gasteiger partial charge in [-0.2, -0.15) is 0 Å². The van der Waals surface area contributed by atoms with Crippen LogP contribution in [0.4, 0.5) is 0 Å². The minimum atomic E-state index is 0.0249. The molecule has 0 unspecified atom stereocenters. The van der Waals surface area contributed by atoms with E-state index in [-0.39, 0.29) is 12.2 Å². The van der Waals surface area contributed by atoms with Crippen molar-refractivity contribution in [2.24, 2.45) is 0 Å². The number of carbonyl (C=O) groups excluding carboxylic acids is 1. The lowest BCUT2D eigenvalue weighted by molar-refractivity contribution is 0.1000. The van der Waals surface area contributed by atoms with Gasteiger partial charge in [-0.1, -0.05) is 6.07 Å². The molecule has 64 valence electrons. The largest absolute Gasteiger partial charge is 0.490 e. The summed E-state index contributed by atoms with van der Waals surface area (Å²) >= 11 is 6.19. The third-order valence-corrected chi connectivity index (χ3v) is 2.55. The summed E-state index contributed by atoms with van der Waals surface area (Å²) in [5.74, 6) is 0.0249. The summed E-state index contributed by atoms with van der Waals surface area (Å²) in [4.78, 5) is 12.0. The van der Waals surface area contributed by atoms with Gasteiger partial charge in [0.05, 0.1) is 18.4 Å². The zero-order valence-corrected chi connectivity index (χ0v) is 8.21. The highest BCUT2D eigenvalue weighted by Gasteiger charge is 2.09. The van der Waals surface area contributed by atoms with Crippen LogP contribution in [0, 0.1) is 0 Å². The highest BCUT2D eigenvalue weighted by molar-refractivity contribution is 7.80. The number of rotatable bonds is 3. The van der Waals surface area contributed by atoms with E-state index in [1.807, 2.05) is 11.4 Å². The van der Waals surface area contributed by atoms with Crippen molar-refractivity contribution in [1.82, 2.24) is 0 Å². The maximum absolute atomic E-state index is 11.3. The summed E-state index contributed by atoms with van der Waals surface area (Å²) in [5.41, 5.74) is 0. The molecule has 1 rings (SSSR count). The van der Waals surface area contributed by atoms with E-state index in [2.05, 4.69) is 0 Å². The van der Waals surface area contributed by atoms with E-state index < -0.39 is 0 Å². The third kappa shape index (κ3) is 2.39. The molecule has 0 bridgehead atoms. The number of carbonyl (C=O) groups is 1. The Morgan fingerprint density at radius 1 is 1.75 bits per heavy atom. The Balaban J connectivity index is 2.56. The maximum atomic E-state index is 11.3. The lowest BCUT2D eigenvalue weighted by Gasteiger charge is -1.98. The molecule has 0 aliphatic heterocycles. The smallest absolute Gasteiger partial charge is 0.181 e. The second-order valence-electron chi connectivity index (χ2n) is 2.15. The molecule has 0 aromatic carbocycles. The topological polar surface area (TPSA) is 26.3 Å². The monoisotopic (exact) mass is 200 g/mol. The van der Waals surface area contributed by atoms with Gasteiger partial charge in [0.15, 0.2) is 10.8 Å². The first-order chi connectivity index (χ1) is 5.74. The van der Waals surface area contributed by atoms with Gasteiger partial charge in [-0.15, -0.1) is 11.3 Å². The predicted octanol–water partition coefficient (Wildman–Crippen LogP) is 2.29. The van der Waals surface area contributed by atoms with Crippen LogP contribution in [0.15, 0.2) is 17.5 Å². The lowest BCUT2D eigenvalue weighted by Crippen LogP contribution is -2.05. The first-order valence-corrected chi connectivity index (χ1v) is 4.66. The van der Waals surface area contributed by atoms with Crippen LogP contribution in [0.3, 0.4) is 0 Å². The van der Waals surface area contributed by atoms with Crippen molar-refractivity contribution in [3.63, 3.8) is 0 Å². The van der Waals surface area contributed by atoms with Crippen LogP contribution in [0.5, 0.6) is 0 Å². The van der Waals surface area contributed by atoms with Gasteiger partial charge in [0, 0.05) is 0 Å². The quantitative estimate of drug-likeness (QED) is 0.553. The zero-order chi connectivity index (χ0) is 8.97. The summed E-state index contributed by atoms with van der Waals surface area (Å²) in [6, 6.07) is 3.62. The fourth-order valence-corrected chi connectivity index (χ4v) is 1.52. The number of hydrogen-bond acceptors (Lipinski definition) is 4. The number of thiophene rings is 1. The van der Waals surface area contributed by atoms with Crippen molar-refractivity contribution in [2.45, 2.75) is 6.42 Å². The van der Waals surface area contributed by atoms with Gasteiger partial charge in [-0.05, 0) is 23.7 Å². The molecule has 0 saturated heterocycles. The van der Waals surface area contributed by atoms with Crippen molar-refractivity contribution in [2.75, 3.05) is 7.11 Å². The molecular formula is C8H8O2S2. The Hall–Kier alpha value is -0.740. The fraction of sp³-hybridized carbons (Fsp3) is 0.250. The molecule has 2 nitrogen and oxygen atoms in total. The number of ether oxygens (including phenoxy) is 1. The van der Waals surface area contributed by atoms with E-state index in [1.165, 1.54) is 18.4 Å². The van der Waals surface area contributed by atoms with Gasteiger partial charge in [0.2, 0.25) is 0 Å². The molecule has 0 spiro atoms.